The van der Waals surface area contributed by atoms with Gasteiger partial charge in [-0.3, -0.25) is 4.79 Å². The molecule has 1 aromatic carbocycles. The van der Waals surface area contributed by atoms with Crippen LogP contribution in [0.5, 0.6) is 0 Å². The minimum absolute atomic E-state index is 0.236. The Morgan fingerprint density at radius 1 is 1.19 bits per heavy atom. The van der Waals surface area contributed by atoms with Crippen molar-refractivity contribution in [3.8, 4) is 11.3 Å². The maximum atomic E-state index is 11.6. The van der Waals surface area contributed by atoms with Crippen LogP contribution >= 0.6 is 23.2 Å². The molecule has 21 heavy (non-hydrogen) atoms. The van der Waals surface area contributed by atoms with Crippen LogP contribution in [0.25, 0.3) is 17.4 Å². The zero-order valence-corrected chi connectivity index (χ0v) is 12.5. The standard InChI is InChI=1S/C15H10Cl2N2O2/c1-8-11(15(20)19-18-8)7-10-3-5-14(21-10)9-2-4-12(16)13(17)6-9/h2-7H,1H3,(H,19,20). The van der Waals surface area contributed by atoms with Crippen molar-refractivity contribution in [3.63, 3.8) is 0 Å². The highest BCUT2D eigenvalue weighted by Crippen LogP contribution is 2.30. The monoisotopic (exact) mass is 320 g/mol. The lowest BCUT2D eigenvalue weighted by Gasteiger charge is -1.99. The number of nitrogens with one attached hydrogen (secondary N) is 1. The number of hydrogen-bond acceptors (Lipinski definition) is 3. The van der Waals surface area contributed by atoms with E-state index in [9.17, 15) is 4.79 Å². The van der Waals surface area contributed by atoms with Crippen molar-refractivity contribution in [3.05, 3.63) is 51.7 Å². The minimum Gasteiger partial charge on any atom is -0.457 e. The molecule has 1 aliphatic rings. The SMILES string of the molecule is CC1=NNC(=O)C1=Cc1ccc(-c2ccc(Cl)c(Cl)c2)o1. The van der Waals surface area contributed by atoms with E-state index in [0.717, 1.165) is 5.56 Å². The molecule has 1 aromatic heterocycles. The van der Waals surface area contributed by atoms with Gasteiger partial charge in [0.25, 0.3) is 5.91 Å². The fourth-order valence-corrected chi connectivity index (χ4v) is 2.26. The largest absolute Gasteiger partial charge is 0.457 e. The maximum Gasteiger partial charge on any atom is 0.273 e. The van der Waals surface area contributed by atoms with Crippen LogP contribution in [0.3, 0.4) is 0 Å². The number of nitrogens with zero attached hydrogens (tertiary/aromatic N) is 1. The molecule has 0 spiro atoms. The molecular formula is C15H10Cl2N2O2. The Morgan fingerprint density at radius 2 is 2.00 bits per heavy atom. The van der Waals surface area contributed by atoms with Crippen LogP contribution in [0.1, 0.15) is 12.7 Å². The first-order chi connectivity index (χ1) is 10.0. The molecule has 4 nitrogen and oxygen atoms in total. The number of halogens is 2. The number of carbonyl (C=O) groups is 1. The summed E-state index contributed by atoms with van der Waals surface area (Å²) in [6.07, 6.45) is 1.65. The summed E-state index contributed by atoms with van der Waals surface area (Å²) in [6, 6.07) is 8.85. The van der Waals surface area contributed by atoms with Gasteiger partial charge in [0.2, 0.25) is 0 Å². The molecular weight excluding hydrogens is 311 g/mol. The molecule has 1 amide bonds. The number of furan rings is 1. The quantitative estimate of drug-likeness (QED) is 0.845. The molecule has 0 bridgehead atoms. The van der Waals surface area contributed by atoms with Crippen molar-refractivity contribution >= 4 is 40.9 Å². The molecule has 1 aliphatic heterocycles. The Morgan fingerprint density at radius 3 is 2.67 bits per heavy atom. The number of benzene rings is 1. The topological polar surface area (TPSA) is 54.6 Å². The van der Waals surface area contributed by atoms with Gasteiger partial charge < -0.3 is 4.42 Å². The molecule has 0 fully saturated rings. The van der Waals surface area contributed by atoms with Crippen LogP contribution in [0.4, 0.5) is 0 Å². The van der Waals surface area contributed by atoms with Crippen molar-refractivity contribution in [1.29, 1.82) is 0 Å². The van der Waals surface area contributed by atoms with Gasteiger partial charge in [-0.25, -0.2) is 5.43 Å². The van der Waals surface area contributed by atoms with E-state index in [4.69, 9.17) is 27.6 Å². The summed E-state index contributed by atoms with van der Waals surface area (Å²) in [4.78, 5) is 11.6. The van der Waals surface area contributed by atoms with E-state index in [1.54, 1.807) is 31.2 Å². The van der Waals surface area contributed by atoms with Gasteiger partial charge in [-0.1, -0.05) is 23.2 Å². The molecule has 0 atom stereocenters. The normalized spacial score (nSPS) is 16.2. The Hall–Kier alpha value is -2.04. The highest BCUT2D eigenvalue weighted by molar-refractivity contribution is 6.42. The van der Waals surface area contributed by atoms with Crippen LogP contribution in [-0.4, -0.2) is 11.6 Å². The predicted molar refractivity (Wildman–Crippen MR) is 83.4 cm³/mol. The average Bonchev–Trinajstić information content (AvgIpc) is 3.04. The highest BCUT2D eigenvalue weighted by atomic mass is 35.5. The lowest BCUT2D eigenvalue weighted by Crippen LogP contribution is -2.12. The van der Waals surface area contributed by atoms with Gasteiger partial charge in [-0.15, -0.1) is 0 Å². The first-order valence-corrected chi connectivity index (χ1v) is 6.92. The van der Waals surface area contributed by atoms with Gasteiger partial charge in [0, 0.05) is 5.56 Å². The molecule has 3 rings (SSSR count). The molecule has 0 saturated heterocycles. The van der Waals surface area contributed by atoms with Crippen LogP contribution in [0, 0.1) is 0 Å². The number of amides is 1. The van der Waals surface area contributed by atoms with Gasteiger partial charge >= 0.3 is 0 Å². The highest BCUT2D eigenvalue weighted by Gasteiger charge is 2.19. The van der Waals surface area contributed by atoms with Gasteiger partial charge in [0.15, 0.2) is 0 Å². The van der Waals surface area contributed by atoms with Gasteiger partial charge in [-0.05, 0) is 43.3 Å². The van der Waals surface area contributed by atoms with Crippen LogP contribution in [0.15, 0.2) is 45.4 Å². The summed E-state index contributed by atoms with van der Waals surface area (Å²) in [6.45, 7) is 1.76. The minimum atomic E-state index is -0.236. The summed E-state index contributed by atoms with van der Waals surface area (Å²) >= 11 is 11.9. The fourth-order valence-electron chi connectivity index (χ4n) is 1.97. The fraction of sp³-hybridized carbons (Fsp3) is 0.0667. The first-order valence-electron chi connectivity index (χ1n) is 6.16. The summed E-state index contributed by atoms with van der Waals surface area (Å²) < 4.78 is 5.71. The summed E-state index contributed by atoms with van der Waals surface area (Å²) in [5.41, 5.74) is 4.34. The molecule has 0 aliphatic carbocycles. The molecule has 0 unspecified atom stereocenters. The van der Waals surface area contributed by atoms with E-state index in [-0.39, 0.29) is 5.91 Å². The maximum absolute atomic E-state index is 11.6. The Labute approximate surface area is 131 Å². The Balaban J connectivity index is 1.93. The molecule has 2 aromatic rings. The number of hydrazone groups is 1. The summed E-state index contributed by atoms with van der Waals surface area (Å²) in [5.74, 6) is 0.978. The Bertz CT molecular complexity index is 791. The second-order valence-corrected chi connectivity index (χ2v) is 5.34. The van der Waals surface area contributed by atoms with E-state index in [2.05, 4.69) is 10.5 Å². The average molecular weight is 321 g/mol. The molecule has 2 heterocycles. The molecule has 0 saturated carbocycles. The predicted octanol–water partition coefficient (Wildman–Crippen LogP) is 4.14. The third-order valence-electron chi connectivity index (χ3n) is 3.08. The van der Waals surface area contributed by atoms with Crippen LogP contribution in [-0.2, 0) is 4.79 Å². The van der Waals surface area contributed by atoms with Crippen molar-refractivity contribution in [1.82, 2.24) is 5.43 Å². The Kier molecular flexibility index (Phi) is 3.57. The molecule has 0 radical (unpaired) electrons. The van der Waals surface area contributed by atoms with Crippen molar-refractivity contribution in [2.45, 2.75) is 6.92 Å². The zero-order valence-electron chi connectivity index (χ0n) is 11.0. The zero-order chi connectivity index (χ0) is 15.0. The summed E-state index contributed by atoms with van der Waals surface area (Å²) in [5, 5.41) is 4.81. The number of hydrogen-bond donors (Lipinski definition) is 1. The lowest BCUT2D eigenvalue weighted by atomic mass is 10.1. The second-order valence-electron chi connectivity index (χ2n) is 4.53. The van der Waals surface area contributed by atoms with E-state index in [1.165, 1.54) is 0 Å². The lowest BCUT2D eigenvalue weighted by molar-refractivity contribution is -0.116. The van der Waals surface area contributed by atoms with Crippen LogP contribution in [0.2, 0.25) is 10.0 Å². The van der Waals surface area contributed by atoms with E-state index < -0.39 is 0 Å². The molecule has 106 valence electrons. The third kappa shape index (κ3) is 2.73. The van der Waals surface area contributed by atoms with Crippen molar-refractivity contribution in [2.75, 3.05) is 0 Å². The van der Waals surface area contributed by atoms with Gasteiger partial charge in [0.05, 0.1) is 21.3 Å². The first kappa shape index (κ1) is 13.9. The molecule has 6 heteroatoms. The second kappa shape index (κ2) is 5.39. The smallest absolute Gasteiger partial charge is 0.273 e. The van der Waals surface area contributed by atoms with Gasteiger partial charge in [0.1, 0.15) is 11.5 Å². The van der Waals surface area contributed by atoms with Gasteiger partial charge in [-0.2, -0.15) is 5.10 Å². The third-order valence-corrected chi connectivity index (χ3v) is 3.82. The van der Waals surface area contributed by atoms with Crippen LogP contribution < -0.4 is 5.43 Å². The van der Waals surface area contributed by atoms with E-state index in [0.29, 0.717) is 32.9 Å². The van der Waals surface area contributed by atoms with Crippen molar-refractivity contribution < 1.29 is 9.21 Å². The number of carbonyl (C=O) groups excluding carboxylic acids is 1. The van der Waals surface area contributed by atoms with E-state index in [1.807, 2.05) is 12.1 Å². The molecule has 1 N–H and O–H groups in total. The number of rotatable bonds is 2. The van der Waals surface area contributed by atoms with E-state index >= 15 is 0 Å². The summed E-state index contributed by atoms with van der Waals surface area (Å²) in [7, 11) is 0. The van der Waals surface area contributed by atoms with Crippen molar-refractivity contribution in [2.24, 2.45) is 5.10 Å².